The lowest BCUT2D eigenvalue weighted by molar-refractivity contribution is 0.667. The molecule has 0 amide bonds. The van der Waals surface area contributed by atoms with Gasteiger partial charge in [0.05, 0.1) is 5.39 Å². The molecule has 9 aromatic rings. The van der Waals surface area contributed by atoms with E-state index in [1.807, 2.05) is 60.7 Å². The molecule has 4 heterocycles. The van der Waals surface area contributed by atoms with Crippen molar-refractivity contribution >= 4 is 82.9 Å². The molecule has 41 heavy (non-hydrogen) atoms. The Morgan fingerprint density at radius 2 is 1.22 bits per heavy atom. The largest absolute Gasteiger partial charge is 0.456 e. The zero-order chi connectivity index (χ0) is 26.9. The van der Waals surface area contributed by atoms with Crippen LogP contribution >= 0.6 is 0 Å². The van der Waals surface area contributed by atoms with Crippen molar-refractivity contribution in [2.24, 2.45) is 0 Å². The molecule has 9 rings (SSSR count). The van der Waals surface area contributed by atoms with E-state index in [1.165, 1.54) is 16.2 Å². The Balaban J connectivity index is 1.35. The second-order valence-electron chi connectivity index (χ2n) is 10.2. The molecule has 0 fully saturated rings. The van der Waals surface area contributed by atoms with E-state index in [4.69, 9.17) is 18.8 Å². The first-order valence-corrected chi connectivity index (χ1v) is 13.6. The molecule has 0 unspecified atom stereocenters. The van der Waals surface area contributed by atoms with Crippen LogP contribution in [0.3, 0.4) is 0 Å². The molecular weight excluding hydrogens is 506 g/mol. The first-order valence-electron chi connectivity index (χ1n) is 13.6. The predicted octanol–water partition coefficient (Wildman–Crippen LogP) is 10.1. The van der Waals surface area contributed by atoms with Gasteiger partial charge in [-0.15, -0.1) is 0 Å². The lowest BCUT2D eigenvalue weighted by Gasteiger charge is -2.24. The van der Waals surface area contributed by atoms with E-state index in [0.29, 0.717) is 0 Å². The summed E-state index contributed by atoms with van der Waals surface area (Å²) in [5.74, 6) is 1.50. The maximum atomic E-state index is 6.25. The van der Waals surface area contributed by atoms with Crippen LogP contribution in [0.5, 0.6) is 0 Å². The van der Waals surface area contributed by atoms with E-state index >= 15 is 0 Å². The number of pyridine rings is 2. The van der Waals surface area contributed by atoms with Gasteiger partial charge in [0, 0.05) is 22.7 Å². The number of hydrogen-bond acceptors (Lipinski definition) is 5. The Bertz CT molecular complexity index is 2450. The van der Waals surface area contributed by atoms with Gasteiger partial charge < -0.3 is 8.83 Å². The predicted molar refractivity (Wildman–Crippen MR) is 166 cm³/mol. The van der Waals surface area contributed by atoms with E-state index < -0.39 is 0 Å². The SMILES string of the molecule is c1ccc2c(c1)ccc1cc(N(c3ccc4oc5ccccc5c4n3)c3nccc4oc5ccccc5c34)ccc12. The molecule has 0 saturated heterocycles. The number of hydrogen-bond donors (Lipinski definition) is 0. The number of benzene rings is 5. The number of anilines is 3. The summed E-state index contributed by atoms with van der Waals surface area (Å²) >= 11 is 0. The van der Waals surface area contributed by atoms with Crippen LogP contribution in [0.15, 0.2) is 136 Å². The Hall–Kier alpha value is -5.68. The Morgan fingerprint density at radius 3 is 2.12 bits per heavy atom. The van der Waals surface area contributed by atoms with Crippen LogP contribution in [-0.4, -0.2) is 9.97 Å². The van der Waals surface area contributed by atoms with Gasteiger partial charge in [0.25, 0.3) is 0 Å². The van der Waals surface area contributed by atoms with Crippen molar-refractivity contribution in [1.29, 1.82) is 0 Å². The summed E-state index contributed by atoms with van der Waals surface area (Å²) in [6, 6.07) is 41.4. The lowest BCUT2D eigenvalue weighted by atomic mass is 10.0. The molecular formula is C36H21N3O2. The fourth-order valence-corrected chi connectivity index (χ4v) is 6.03. The van der Waals surface area contributed by atoms with E-state index in [0.717, 1.165) is 66.7 Å². The van der Waals surface area contributed by atoms with Crippen LogP contribution in [0.4, 0.5) is 17.3 Å². The molecule has 0 N–H and O–H groups in total. The topological polar surface area (TPSA) is 55.3 Å². The van der Waals surface area contributed by atoms with Gasteiger partial charge >= 0.3 is 0 Å². The van der Waals surface area contributed by atoms with E-state index in [-0.39, 0.29) is 0 Å². The van der Waals surface area contributed by atoms with Gasteiger partial charge in [-0.05, 0) is 70.1 Å². The van der Waals surface area contributed by atoms with Gasteiger partial charge in [-0.3, -0.25) is 4.90 Å². The van der Waals surface area contributed by atoms with Crippen molar-refractivity contribution in [3.8, 4) is 0 Å². The molecule has 4 aromatic heterocycles. The number of rotatable bonds is 3. The molecule has 5 heteroatoms. The highest BCUT2D eigenvalue weighted by Crippen LogP contribution is 2.42. The van der Waals surface area contributed by atoms with Gasteiger partial charge in [0.15, 0.2) is 11.4 Å². The first-order chi connectivity index (χ1) is 20.3. The smallest absolute Gasteiger partial charge is 0.154 e. The molecule has 0 atom stereocenters. The van der Waals surface area contributed by atoms with Gasteiger partial charge in [0.2, 0.25) is 0 Å². The molecule has 0 aliphatic heterocycles. The highest BCUT2D eigenvalue weighted by molar-refractivity contribution is 6.13. The lowest BCUT2D eigenvalue weighted by Crippen LogP contribution is -2.13. The molecule has 0 radical (unpaired) electrons. The highest BCUT2D eigenvalue weighted by Gasteiger charge is 2.23. The van der Waals surface area contributed by atoms with Crippen LogP contribution in [-0.2, 0) is 0 Å². The third kappa shape index (κ3) is 3.29. The highest BCUT2D eigenvalue weighted by atomic mass is 16.3. The quantitative estimate of drug-likeness (QED) is 0.214. The normalized spacial score (nSPS) is 11.9. The molecule has 5 nitrogen and oxygen atoms in total. The minimum absolute atomic E-state index is 0.745. The molecule has 0 bridgehead atoms. The fourth-order valence-electron chi connectivity index (χ4n) is 6.03. The van der Waals surface area contributed by atoms with E-state index in [1.54, 1.807) is 6.20 Å². The minimum Gasteiger partial charge on any atom is -0.456 e. The monoisotopic (exact) mass is 527 g/mol. The van der Waals surface area contributed by atoms with Crippen molar-refractivity contribution in [2.75, 3.05) is 4.90 Å². The molecule has 0 saturated carbocycles. The number of fused-ring (bicyclic) bond motifs is 9. The number of aromatic nitrogens is 2. The molecule has 5 aromatic carbocycles. The van der Waals surface area contributed by atoms with Gasteiger partial charge in [-0.25, -0.2) is 9.97 Å². The summed E-state index contributed by atoms with van der Waals surface area (Å²) in [5.41, 5.74) is 4.95. The third-order valence-electron chi connectivity index (χ3n) is 7.90. The number of para-hydroxylation sites is 2. The molecule has 192 valence electrons. The zero-order valence-corrected chi connectivity index (χ0v) is 21.8. The Labute approximate surface area is 233 Å². The van der Waals surface area contributed by atoms with Crippen LogP contribution in [0.1, 0.15) is 0 Å². The Morgan fingerprint density at radius 1 is 0.512 bits per heavy atom. The third-order valence-corrected chi connectivity index (χ3v) is 7.90. The second-order valence-corrected chi connectivity index (χ2v) is 10.2. The zero-order valence-electron chi connectivity index (χ0n) is 21.8. The summed E-state index contributed by atoms with van der Waals surface area (Å²) in [6.07, 6.45) is 1.80. The van der Waals surface area contributed by atoms with Crippen molar-refractivity contribution in [2.45, 2.75) is 0 Å². The number of nitrogens with zero attached hydrogens (tertiary/aromatic N) is 3. The second kappa shape index (κ2) is 8.41. The molecule has 0 aliphatic rings. The number of furan rings is 2. The maximum Gasteiger partial charge on any atom is 0.154 e. The van der Waals surface area contributed by atoms with Gasteiger partial charge in [-0.1, -0.05) is 72.8 Å². The summed E-state index contributed by atoms with van der Waals surface area (Å²) in [4.78, 5) is 12.2. The average Bonchev–Trinajstić information content (AvgIpc) is 3.60. The summed E-state index contributed by atoms with van der Waals surface area (Å²) < 4.78 is 12.3. The van der Waals surface area contributed by atoms with Gasteiger partial charge in [-0.2, -0.15) is 0 Å². The molecule has 0 spiro atoms. The van der Waals surface area contributed by atoms with Gasteiger partial charge in [0.1, 0.15) is 28.1 Å². The Kier molecular flexibility index (Phi) is 4.55. The van der Waals surface area contributed by atoms with Crippen LogP contribution in [0.25, 0.3) is 65.6 Å². The fraction of sp³-hybridized carbons (Fsp3) is 0. The minimum atomic E-state index is 0.745. The van der Waals surface area contributed by atoms with Crippen molar-refractivity contribution < 1.29 is 8.83 Å². The van der Waals surface area contributed by atoms with Crippen LogP contribution in [0, 0.1) is 0 Å². The average molecular weight is 528 g/mol. The van der Waals surface area contributed by atoms with E-state index in [2.05, 4.69) is 65.6 Å². The molecule has 0 aliphatic carbocycles. The maximum absolute atomic E-state index is 6.25. The van der Waals surface area contributed by atoms with Crippen LogP contribution in [0.2, 0.25) is 0 Å². The van der Waals surface area contributed by atoms with Crippen molar-refractivity contribution in [1.82, 2.24) is 9.97 Å². The van der Waals surface area contributed by atoms with E-state index in [9.17, 15) is 0 Å². The van der Waals surface area contributed by atoms with Crippen molar-refractivity contribution in [3.05, 3.63) is 128 Å². The summed E-state index contributed by atoms with van der Waals surface area (Å²) in [6.45, 7) is 0. The van der Waals surface area contributed by atoms with Crippen molar-refractivity contribution in [3.63, 3.8) is 0 Å². The summed E-state index contributed by atoms with van der Waals surface area (Å²) in [7, 11) is 0. The summed E-state index contributed by atoms with van der Waals surface area (Å²) in [5, 5.41) is 7.74. The standard InChI is InChI=1S/C36H21N3O2/c1-2-8-25-22(7-1)13-14-23-21-24(15-16-26(23)25)39(33-18-17-32-35(38-33)28-10-4-6-12-30(28)41-32)36-34-27-9-3-5-11-29(27)40-31(34)19-20-37-36/h1-21H. The van der Waals surface area contributed by atoms with Crippen LogP contribution < -0.4 is 4.90 Å². The first kappa shape index (κ1) is 22.2.